The van der Waals surface area contributed by atoms with Crippen LogP contribution in [0.25, 0.3) is 6.08 Å². The first kappa shape index (κ1) is 57.3. The van der Waals surface area contributed by atoms with Gasteiger partial charge >= 0.3 is 5.97 Å². The summed E-state index contributed by atoms with van der Waals surface area (Å²) in [4.78, 5) is 35.6. The van der Waals surface area contributed by atoms with E-state index in [1.54, 1.807) is 23.1 Å². The van der Waals surface area contributed by atoms with Crippen molar-refractivity contribution in [2.45, 2.75) is 26.2 Å². The van der Waals surface area contributed by atoms with E-state index >= 15 is 0 Å². The smallest absolute Gasteiger partial charge is 0.305 e. The highest BCUT2D eigenvalue weighted by atomic mass is 32.1. The molecular weight excluding hydrogens is 903 g/mol. The van der Waals surface area contributed by atoms with E-state index in [0.717, 1.165) is 17.0 Å². The van der Waals surface area contributed by atoms with Crippen molar-refractivity contribution in [1.82, 2.24) is 10.2 Å². The quantitative estimate of drug-likeness (QED) is 0.0325. The molecule has 376 valence electrons. The molecule has 2 aromatic rings. The van der Waals surface area contributed by atoms with Crippen LogP contribution in [0.1, 0.15) is 36.6 Å². The second kappa shape index (κ2) is 38.9. The van der Waals surface area contributed by atoms with Gasteiger partial charge < -0.3 is 73.7 Å². The summed E-state index contributed by atoms with van der Waals surface area (Å²) in [5, 5.41) is 26.2. The molecule has 0 saturated heterocycles. The molecule has 0 spiro atoms. The molecule has 21 heteroatoms. The van der Waals surface area contributed by atoms with Crippen LogP contribution in [-0.4, -0.2) is 192 Å². The van der Waals surface area contributed by atoms with Crippen molar-refractivity contribution in [1.29, 1.82) is 5.26 Å². The SMILES string of the molecule is CCCN(CC#CCNC(=NCCOCCOCCOCCOCCOCCOCCOCCOCCOCCOCCC(=O)O)Nc1cccc(C#N)c1)C(=O)C1=Cc2sccc2N=C(N)C1. The summed E-state index contributed by atoms with van der Waals surface area (Å²) in [6.07, 6.45) is 2.93. The molecule has 0 bridgehead atoms. The van der Waals surface area contributed by atoms with Crippen LogP contribution in [0.3, 0.4) is 0 Å². The summed E-state index contributed by atoms with van der Waals surface area (Å²) in [5.74, 6) is 6.10. The minimum Gasteiger partial charge on any atom is -0.481 e. The number of carboxylic acids is 1. The molecule has 3 rings (SSSR count). The van der Waals surface area contributed by atoms with Gasteiger partial charge in [-0.1, -0.05) is 24.8 Å². The number of amides is 1. The van der Waals surface area contributed by atoms with Crippen LogP contribution in [0.2, 0.25) is 0 Å². The Morgan fingerprint density at radius 2 is 1.31 bits per heavy atom. The van der Waals surface area contributed by atoms with Crippen LogP contribution in [0, 0.1) is 23.2 Å². The summed E-state index contributed by atoms with van der Waals surface area (Å²) < 4.78 is 54.7. The van der Waals surface area contributed by atoms with Crippen molar-refractivity contribution in [2.75, 3.05) is 164 Å². The van der Waals surface area contributed by atoms with E-state index < -0.39 is 5.97 Å². The normalized spacial score (nSPS) is 12.3. The van der Waals surface area contributed by atoms with Crippen LogP contribution in [0.5, 0.6) is 0 Å². The van der Waals surface area contributed by atoms with E-state index in [-0.39, 0.29) is 38.4 Å². The molecule has 68 heavy (non-hydrogen) atoms. The number of nitrogens with two attached hydrogens (primary N) is 1. The van der Waals surface area contributed by atoms with Crippen molar-refractivity contribution < 1.29 is 62.1 Å². The summed E-state index contributed by atoms with van der Waals surface area (Å²) in [6, 6.07) is 11.1. The Balaban J connectivity index is 1.15. The van der Waals surface area contributed by atoms with Gasteiger partial charge in [-0.2, -0.15) is 5.26 Å². The van der Waals surface area contributed by atoms with Crippen LogP contribution >= 0.6 is 11.3 Å². The van der Waals surface area contributed by atoms with E-state index in [1.165, 1.54) is 11.3 Å². The molecule has 1 aliphatic rings. The fraction of sp³-hybridized carbons (Fsp3) is 0.596. The lowest BCUT2D eigenvalue weighted by Crippen LogP contribution is -2.34. The number of amidine groups is 1. The van der Waals surface area contributed by atoms with Crippen LogP contribution in [-0.2, 0) is 57.0 Å². The van der Waals surface area contributed by atoms with E-state index in [0.29, 0.717) is 167 Å². The van der Waals surface area contributed by atoms with Crippen LogP contribution in [0.4, 0.5) is 11.4 Å². The Kier molecular flexibility index (Phi) is 32.8. The lowest BCUT2D eigenvalue weighted by atomic mass is 10.1. The Morgan fingerprint density at radius 1 is 0.779 bits per heavy atom. The van der Waals surface area contributed by atoms with E-state index in [2.05, 4.69) is 38.5 Å². The third-order valence-corrected chi connectivity index (χ3v) is 9.83. The molecule has 20 nitrogen and oxygen atoms in total. The average Bonchev–Trinajstić information content (AvgIpc) is 3.70. The number of nitrogens with one attached hydrogen (secondary N) is 2. The number of hydrogen-bond acceptors (Lipinski definition) is 17. The number of aliphatic carboxylic acids is 1. The topological polar surface area (TPSA) is 249 Å². The van der Waals surface area contributed by atoms with E-state index in [9.17, 15) is 14.9 Å². The molecule has 2 heterocycles. The van der Waals surface area contributed by atoms with Gasteiger partial charge in [0, 0.05) is 24.2 Å². The highest BCUT2D eigenvalue weighted by Crippen LogP contribution is 2.31. The minimum atomic E-state index is -0.883. The Labute approximate surface area is 404 Å². The number of fused-ring (bicyclic) bond motifs is 1. The monoisotopic (exact) mass is 971 g/mol. The number of carbonyl (C=O) groups is 2. The number of anilines is 1. The second-order valence-electron chi connectivity index (χ2n) is 14.4. The Bertz CT molecular complexity index is 1900. The first-order valence-electron chi connectivity index (χ1n) is 22.8. The zero-order valence-electron chi connectivity index (χ0n) is 39.3. The largest absolute Gasteiger partial charge is 0.481 e. The molecule has 1 aliphatic heterocycles. The van der Waals surface area contributed by atoms with E-state index in [1.807, 2.05) is 30.5 Å². The molecule has 0 saturated carbocycles. The summed E-state index contributed by atoms with van der Waals surface area (Å²) >= 11 is 1.52. The summed E-state index contributed by atoms with van der Waals surface area (Å²) in [7, 11) is 0. The summed E-state index contributed by atoms with van der Waals surface area (Å²) in [6.45, 7) is 11.9. The molecule has 1 aromatic carbocycles. The molecule has 5 N–H and O–H groups in total. The maximum absolute atomic E-state index is 13.5. The number of nitriles is 1. The van der Waals surface area contributed by atoms with Gasteiger partial charge in [0.05, 0.1) is 180 Å². The average molecular weight is 972 g/mol. The van der Waals surface area contributed by atoms with Gasteiger partial charge in [0.15, 0.2) is 5.96 Å². The van der Waals surface area contributed by atoms with Crippen molar-refractivity contribution >= 4 is 52.5 Å². The number of carboxylic acid groups (broad SMARTS) is 1. The third kappa shape index (κ3) is 28.3. The first-order valence-corrected chi connectivity index (χ1v) is 23.7. The minimum absolute atomic E-state index is 0.0139. The fourth-order valence-electron chi connectivity index (χ4n) is 5.72. The number of carbonyl (C=O) groups excluding carboxylic acids is 1. The zero-order valence-corrected chi connectivity index (χ0v) is 40.1. The molecular formula is C47H69N7O13S. The lowest BCUT2D eigenvalue weighted by Gasteiger charge is -2.21. The van der Waals surface area contributed by atoms with Crippen molar-refractivity contribution in [2.24, 2.45) is 15.7 Å². The number of ether oxygens (including phenoxy) is 10. The predicted octanol–water partition coefficient (Wildman–Crippen LogP) is 3.34. The van der Waals surface area contributed by atoms with Crippen LogP contribution < -0.4 is 16.4 Å². The van der Waals surface area contributed by atoms with Gasteiger partial charge in [0.25, 0.3) is 5.91 Å². The molecule has 1 aromatic heterocycles. The molecule has 0 atom stereocenters. The maximum atomic E-state index is 13.5. The summed E-state index contributed by atoms with van der Waals surface area (Å²) in [5.41, 5.74) is 8.71. The Hall–Kier alpha value is -5.01. The van der Waals surface area contributed by atoms with Crippen molar-refractivity contribution in [3.05, 3.63) is 51.7 Å². The standard InChI is InChI=1S/C47H69N7O13S/c1-2-12-54(46(57)40-36-43-42(9-34-68-43)53-44(49)37-40)13-4-3-10-50-47(52-41-7-5-6-39(35-41)38-48)51-11-15-59-17-19-61-21-23-63-25-27-65-29-31-67-33-32-66-30-28-64-26-24-62-22-20-60-18-16-58-14-8-45(55)56/h5-7,9,34-36H,2,8,10-33,37H2,1H3,(H2,49,53)(H,55,56)(H2,50,51,52). The van der Waals surface area contributed by atoms with Crippen molar-refractivity contribution in [3.63, 3.8) is 0 Å². The van der Waals surface area contributed by atoms with Crippen molar-refractivity contribution in [3.8, 4) is 17.9 Å². The second-order valence-corrected chi connectivity index (χ2v) is 15.3. The van der Waals surface area contributed by atoms with Gasteiger partial charge in [0.2, 0.25) is 0 Å². The molecule has 1 amide bonds. The van der Waals surface area contributed by atoms with Gasteiger partial charge in [0.1, 0.15) is 5.84 Å². The Morgan fingerprint density at radius 3 is 1.82 bits per heavy atom. The molecule has 0 unspecified atom stereocenters. The molecule has 0 radical (unpaired) electrons. The van der Waals surface area contributed by atoms with Gasteiger partial charge in [-0.05, 0) is 42.1 Å². The number of nitrogens with zero attached hydrogens (tertiary/aromatic N) is 4. The van der Waals surface area contributed by atoms with Gasteiger partial charge in [-0.3, -0.25) is 14.6 Å². The maximum Gasteiger partial charge on any atom is 0.305 e. The number of guanidine groups is 1. The first-order chi connectivity index (χ1) is 33.4. The zero-order chi connectivity index (χ0) is 48.5. The van der Waals surface area contributed by atoms with Gasteiger partial charge in [-0.25, -0.2) is 4.99 Å². The van der Waals surface area contributed by atoms with Gasteiger partial charge in [-0.15, -0.1) is 11.3 Å². The number of hydrogen-bond donors (Lipinski definition) is 4. The highest BCUT2D eigenvalue weighted by Gasteiger charge is 2.21. The highest BCUT2D eigenvalue weighted by molar-refractivity contribution is 7.11. The number of thiophene rings is 1. The van der Waals surface area contributed by atoms with Crippen LogP contribution in [0.15, 0.2) is 51.3 Å². The molecule has 0 fully saturated rings. The lowest BCUT2D eigenvalue weighted by molar-refractivity contribution is -0.138. The number of benzene rings is 1. The molecule has 0 aliphatic carbocycles. The predicted molar refractivity (Wildman–Crippen MR) is 258 cm³/mol. The van der Waals surface area contributed by atoms with E-state index in [4.69, 9.17) is 58.2 Å². The number of rotatable bonds is 39. The third-order valence-electron chi connectivity index (χ3n) is 8.98. The fourth-order valence-corrected chi connectivity index (χ4v) is 6.51. The number of aliphatic imine (C=N–C) groups is 2.